The van der Waals surface area contributed by atoms with Crippen molar-refractivity contribution in [2.45, 2.75) is 26.7 Å². The smallest absolute Gasteiger partial charge is 0.305 e. The molecule has 0 aliphatic rings. The predicted octanol–water partition coefficient (Wildman–Crippen LogP) is 2.62. The number of nitriles is 1. The van der Waals surface area contributed by atoms with E-state index in [0.29, 0.717) is 25.1 Å². The lowest BCUT2D eigenvalue weighted by atomic mass is 10.1. The molecule has 0 unspecified atom stereocenters. The van der Waals surface area contributed by atoms with Crippen LogP contribution in [0.15, 0.2) is 18.2 Å². The summed E-state index contributed by atoms with van der Waals surface area (Å²) in [6.07, 6.45) is 1.16. The summed E-state index contributed by atoms with van der Waals surface area (Å²) in [4.78, 5) is 11.1. The average molecular weight is 246 g/mol. The van der Waals surface area contributed by atoms with Crippen molar-refractivity contribution >= 4 is 11.7 Å². The lowest BCUT2D eigenvalue weighted by Gasteiger charge is -2.07. The van der Waals surface area contributed by atoms with E-state index in [9.17, 15) is 4.79 Å². The monoisotopic (exact) mass is 246 g/mol. The van der Waals surface area contributed by atoms with Gasteiger partial charge in [-0.1, -0.05) is 0 Å². The second-order valence-electron chi connectivity index (χ2n) is 3.98. The van der Waals surface area contributed by atoms with Crippen molar-refractivity contribution < 1.29 is 9.53 Å². The number of anilines is 1. The molecule has 1 aromatic carbocycles. The number of rotatable bonds is 6. The van der Waals surface area contributed by atoms with Crippen molar-refractivity contribution in [3.05, 3.63) is 29.3 Å². The highest BCUT2D eigenvalue weighted by atomic mass is 16.5. The molecule has 1 N–H and O–H groups in total. The minimum absolute atomic E-state index is 0.157. The van der Waals surface area contributed by atoms with Crippen LogP contribution in [0.3, 0.4) is 0 Å². The summed E-state index contributed by atoms with van der Waals surface area (Å²) in [5, 5.41) is 12.0. The molecule has 0 saturated heterocycles. The Labute approximate surface area is 108 Å². The number of ether oxygens (including phenoxy) is 1. The van der Waals surface area contributed by atoms with E-state index in [2.05, 4.69) is 11.4 Å². The predicted molar refractivity (Wildman–Crippen MR) is 70.3 cm³/mol. The fourth-order valence-electron chi connectivity index (χ4n) is 1.60. The zero-order valence-electron chi connectivity index (χ0n) is 10.8. The molecule has 0 atom stereocenters. The van der Waals surface area contributed by atoms with Crippen LogP contribution < -0.4 is 5.32 Å². The SMILES string of the molecule is CCOC(=O)CCCNc1ccc(C#N)c(C)c1. The molecule has 0 aromatic heterocycles. The highest BCUT2D eigenvalue weighted by Crippen LogP contribution is 2.14. The van der Waals surface area contributed by atoms with Crippen molar-refractivity contribution in [2.75, 3.05) is 18.5 Å². The van der Waals surface area contributed by atoms with E-state index in [1.165, 1.54) is 0 Å². The zero-order chi connectivity index (χ0) is 13.4. The number of carbonyl (C=O) groups excluding carboxylic acids is 1. The first kappa shape index (κ1) is 14.0. The largest absolute Gasteiger partial charge is 0.466 e. The van der Waals surface area contributed by atoms with E-state index >= 15 is 0 Å². The number of hydrogen-bond acceptors (Lipinski definition) is 4. The number of aryl methyl sites for hydroxylation is 1. The van der Waals surface area contributed by atoms with Crippen molar-refractivity contribution in [3.8, 4) is 6.07 Å². The second kappa shape index (κ2) is 7.33. The van der Waals surface area contributed by atoms with Gasteiger partial charge in [0.2, 0.25) is 0 Å². The van der Waals surface area contributed by atoms with Gasteiger partial charge in [-0.25, -0.2) is 0 Å². The number of nitrogens with zero attached hydrogens (tertiary/aromatic N) is 1. The van der Waals surface area contributed by atoms with Crippen molar-refractivity contribution in [2.24, 2.45) is 0 Å². The Hall–Kier alpha value is -2.02. The molecule has 4 heteroatoms. The average Bonchev–Trinajstić information content (AvgIpc) is 2.35. The Morgan fingerprint density at radius 1 is 1.50 bits per heavy atom. The van der Waals surface area contributed by atoms with Crippen LogP contribution >= 0.6 is 0 Å². The third-order valence-corrected chi connectivity index (χ3v) is 2.54. The minimum atomic E-state index is -0.157. The molecule has 0 aliphatic heterocycles. The van der Waals surface area contributed by atoms with Crippen LogP contribution in [-0.4, -0.2) is 19.1 Å². The number of hydrogen-bond donors (Lipinski definition) is 1. The summed E-state index contributed by atoms with van der Waals surface area (Å²) < 4.78 is 4.84. The Morgan fingerprint density at radius 3 is 2.89 bits per heavy atom. The van der Waals surface area contributed by atoms with Gasteiger partial charge >= 0.3 is 5.97 Å². The van der Waals surface area contributed by atoms with E-state index in [1.807, 2.05) is 19.1 Å². The number of nitrogens with one attached hydrogen (secondary N) is 1. The minimum Gasteiger partial charge on any atom is -0.466 e. The van der Waals surface area contributed by atoms with E-state index in [-0.39, 0.29) is 5.97 Å². The molecule has 0 amide bonds. The second-order valence-corrected chi connectivity index (χ2v) is 3.98. The summed E-state index contributed by atoms with van der Waals surface area (Å²) >= 11 is 0. The van der Waals surface area contributed by atoms with Crippen LogP contribution in [0.5, 0.6) is 0 Å². The first-order chi connectivity index (χ1) is 8.67. The van der Waals surface area contributed by atoms with Gasteiger partial charge in [-0.3, -0.25) is 4.79 Å². The maximum Gasteiger partial charge on any atom is 0.305 e. The van der Waals surface area contributed by atoms with Gasteiger partial charge in [0.25, 0.3) is 0 Å². The molecule has 0 fully saturated rings. The molecular formula is C14H18N2O2. The van der Waals surface area contributed by atoms with Gasteiger partial charge in [0.1, 0.15) is 0 Å². The van der Waals surface area contributed by atoms with Crippen molar-refractivity contribution in [3.63, 3.8) is 0 Å². The van der Waals surface area contributed by atoms with Gasteiger partial charge in [-0.15, -0.1) is 0 Å². The van der Waals surface area contributed by atoms with E-state index in [1.54, 1.807) is 13.0 Å². The van der Waals surface area contributed by atoms with Gasteiger partial charge in [-0.2, -0.15) is 5.26 Å². The van der Waals surface area contributed by atoms with Crippen LogP contribution in [0.4, 0.5) is 5.69 Å². The highest BCUT2D eigenvalue weighted by Gasteiger charge is 2.02. The lowest BCUT2D eigenvalue weighted by molar-refractivity contribution is -0.143. The topological polar surface area (TPSA) is 62.1 Å². The molecule has 0 spiro atoms. The third kappa shape index (κ3) is 4.46. The quantitative estimate of drug-likeness (QED) is 0.619. The van der Waals surface area contributed by atoms with E-state index < -0.39 is 0 Å². The number of esters is 1. The molecule has 18 heavy (non-hydrogen) atoms. The summed E-state index contributed by atoms with van der Waals surface area (Å²) in [5.74, 6) is -0.157. The summed E-state index contributed by atoms with van der Waals surface area (Å²) in [6, 6.07) is 7.73. The molecule has 0 heterocycles. The van der Waals surface area contributed by atoms with Crippen LogP contribution in [-0.2, 0) is 9.53 Å². The standard InChI is InChI=1S/C14H18N2O2/c1-3-18-14(17)5-4-8-16-13-7-6-12(10-15)11(2)9-13/h6-7,9,16H,3-5,8H2,1-2H3. The van der Waals surface area contributed by atoms with Crippen molar-refractivity contribution in [1.29, 1.82) is 5.26 Å². The molecule has 96 valence electrons. The Bertz CT molecular complexity index is 450. The maximum absolute atomic E-state index is 11.1. The maximum atomic E-state index is 11.1. The first-order valence-corrected chi connectivity index (χ1v) is 6.07. The Balaban J connectivity index is 2.34. The van der Waals surface area contributed by atoms with Gasteiger partial charge in [0.15, 0.2) is 0 Å². The molecular weight excluding hydrogens is 228 g/mol. The van der Waals surface area contributed by atoms with Gasteiger partial charge < -0.3 is 10.1 Å². The molecule has 0 bridgehead atoms. The molecule has 0 radical (unpaired) electrons. The summed E-state index contributed by atoms with van der Waals surface area (Å²) in [5.41, 5.74) is 2.61. The van der Waals surface area contributed by atoms with E-state index in [4.69, 9.17) is 10.00 Å². The molecule has 4 nitrogen and oxygen atoms in total. The number of carbonyl (C=O) groups is 1. The lowest BCUT2D eigenvalue weighted by Crippen LogP contribution is -2.08. The van der Waals surface area contributed by atoms with Gasteiger partial charge in [-0.05, 0) is 44.0 Å². The zero-order valence-corrected chi connectivity index (χ0v) is 10.8. The first-order valence-electron chi connectivity index (χ1n) is 6.07. The van der Waals surface area contributed by atoms with Gasteiger partial charge in [0.05, 0.1) is 18.2 Å². The van der Waals surface area contributed by atoms with Crippen LogP contribution in [0.2, 0.25) is 0 Å². The Morgan fingerprint density at radius 2 is 2.28 bits per heavy atom. The molecule has 0 saturated carbocycles. The number of benzene rings is 1. The fraction of sp³-hybridized carbons (Fsp3) is 0.429. The fourth-order valence-corrected chi connectivity index (χ4v) is 1.60. The third-order valence-electron chi connectivity index (χ3n) is 2.54. The van der Waals surface area contributed by atoms with E-state index in [0.717, 1.165) is 17.7 Å². The summed E-state index contributed by atoms with van der Waals surface area (Å²) in [6.45, 7) is 4.85. The summed E-state index contributed by atoms with van der Waals surface area (Å²) in [7, 11) is 0. The molecule has 1 rings (SSSR count). The van der Waals surface area contributed by atoms with Crippen LogP contribution in [0, 0.1) is 18.3 Å². The van der Waals surface area contributed by atoms with Crippen LogP contribution in [0.25, 0.3) is 0 Å². The molecule has 0 aliphatic carbocycles. The van der Waals surface area contributed by atoms with Crippen molar-refractivity contribution in [1.82, 2.24) is 0 Å². The molecule has 1 aromatic rings. The van der Waals surface area contributed by atoms with Crippen LogP contribution in [0.1, 0.15) is 30.9 Å². The Kier molecular flexibility index (Phi) is 5.72. The highest BCUT2D eigenvalue weighted by molar-refractivity contribution is 5.69. The van der Waals surface area contributed by atoms with Gasteiger partial charge in [0, 0.05) is 18.7 Å². The normalized spacial score (nSPS) is 9.61.